The van der Waals surface area contributed by atoms with Gasteiger partial charge in [-0.25, -0.2) is 8.42 Å². The van der Waals surface area contributed by atoms with Crippen LogP contribution < -0.4 is 5.01 Å². The van der Waals surface area contributed by atoms with Gasteiger partial charge in [-0.1, -0.05) is 24.3 Å². The highest BCUT2D eigenvalue weighted by Crippen LogP contribution is 2.44. The molecule has 1 aliphatic heterocycles. The Labute approximate surface area is 162 Å². The summed E-state index contributed by atoms with van der Waals surface area (Å²) in [5.41, 5.74) is -2.65. The van der Waals surface area contributed by atoms with Gasteiger partial charge in [0, 0.05) is 12.7 Å². The smallest absolute Gasteiger partial charge is 0.257 e. The largest absolute Gasteiger partial charge is 0.431 e. The maximum Gasteiger partial charge on any atom is 0.431 e. The van der Waals surface area contributed by atoms with Crippen LogP contribution in [0.15, 0.2) is 58.5 Å². The maximum atomic E-state index is 13.4. The Morgan fingerprint density at radius 2 is 1.52 bits per heavy atom. The summed E-state index contributed by atoms with van der Waals surface area (Å²) in [6.45, 7) is 0. The van der Waals surface area contributed by atoms with Crippen LogP contribution in [-0.2, 0) is 16.0 Å². The van der Waals surface area contributed by atoms with E-state index in [0.29, 0.717) is 5.01 Å². The van der Waals surface area contributed by atoms with E-state index in [1.165, 1.54) is 30.3 Å². The van der Waals surface area contributed by atoms with Crippen molar-refractivity contribution in [3.05, 3.63) is 59.7 Å². The molecular formula is C18H14F6N2O2S. The lowest BCUT2D eigenvalue weighted by Crippen LogP contribution is -2.22. The van der Waals surface area contributed by atoms with Crippen molar-refractivity contribution in [3.8, 4) is 0 Å². The molecule has 4 nitrogen and oxygen atoms in total. The van der Waals surface area contributed by atoms with Gasteiger partial charge in [0.1, 0.15) is 5.71 Å². The van der Waals surface area contributed by atoms with E-state index in [9.17, 15) is 34.8 Å². The molecule has 156 valence electrons. The number of benzene rings is 2. The summed E-state index contributed by atoms with van der Waals surface area (Å²) in [5.74, 6) is 0. The van der Waals surface area contributed by atoms with Crippen LogP contribution in [0.25, 0.3) is 0 Å². The molecule has 1 aliphatic rings. The van der Waals surface area contributed by atoms with E-state index in [-0.39, 0.29) is 10.5 Å². The average molecular weight is 436 g/mol. The lowest BCUT2D eigenvalue weighted by Gasteiger charge is -2.26. The van der Waals surface area contributed by atoms with Gasteiger partial charge in [-0.05, 0) is 29.8 Å². The molecule has 3 rings (SSSR count). The fraction of sp³-hybridized carbons (Fsp3) is 0.278. The third-order valence-corrected chi connectivity index (χ3v) is 5.52. The number of para-hydroxylation sites is 1. The van der Waals surface area contributed by atoms with Crippen molar-refractivity contribution in [2.45, 2.75) is 29.7 Å². The van der Waals surface area contributed by atoms with Gasteiger partial charge in [0.15, 0.2) is 9.84 Å². The summed E-state index contributed by atoms with van der Waals surface area (Å²) >= 11 is 0. The van der Waals surface area contributed by atoms with Crippen LogP contribution >= 0.6 is 0 Å². The fourth-order valence-corrected chi connectivity index (χ4v) is 3.64. The molecule has 0 aromatic heterocycles. The summed E-state index contributed by atoms with van der Waals surface area (Å²) in [7, 11) is -3.54. The molecule has 0 radical (unpaired) electrons. The van der Waals surface area contributed by atoms with Crippen molar-refractivity contribution in [1.29, 1.82) is 0 Å². The minimum Gasteiger partial charge on any atom is -0.257 e. The number of rotatable bonds is 3. The summed E-state index contributed by atoms with van der Waals surface area (Å²) in [6.07, 6.45) is -9.31. The fourth-order valence-electron chi connectivity index (χ4n) is 3.01. The van der Waals surface area contributed by atoms with E-state index < -0.39 is 51.6 Å². The number of nitrogens with zero attached hydrogens (tertiary/aromatic N) is 2. The second kappa shape index (κ2) is 7.05. The molecule has 11 heteroatoms. The second-order valence-corrected chi connectivity index (χ2v) is 8.48. The molecule has 0 fully saturated rings. The molecule has 29 heavy (non-hydrogen) atoms. The molecule has 0 aliphatic carbocycles. The van der Waals surface area contributed by atoms with Crippen LogP contribution in [0.1, 0.15) is 23.6 Å². The van der Waals surface area contributed by atoms with Gasteiger partial charge in [0.25, 0.3) is 0 Å². The van der Waals surface area contributed by atoms with Gasteiger partial charge in [0.05, 0.1) is 22.2 Å². The van der Waals surface area contributed by atoms with E-state index in [0.717, 1.165) is 24.5 Å². The Morgan fingerprint density at radius 3 is 2.03 bits per heavy atom. The molecule has 0 saturated carbocycles. The van der Waals surface area contributed by atoms with Crippen LogP contribution in [0.2, 0.25) is 0 Å². The van der Waals surface area contributed by atoms with Gasteiger partial charge in [0.2, 0.25) is 0 Å². The van der Waals surface area contributed by atoms with Crippen molar-refractivity contribution in [1.82, 2.24) is 0 Å². The maximum absolute atomic E-state index is 13.4. The topological polar surface area (TPSA) is 49.7 Å². The van der Waals surface area contributed by atoms with Crippen molar-refractivity contribution in [2.24, 2.45) is 5.10 Å². The molecule has 0 saturated heterocycles. The average Bonchev–Trinajstić information content (AvgIpc) is 3.06. The van der Waals surface area contributed by atoms with Gasteiger partial charge in [-0.15, -0.1) is 0 Å². The number of hydrogen-bond acceptors (Lipinski definition) is 4. The molecule has 2 aromatic rings. The number of halogens is 6. The molecular weight excluding hydrogens is 422 g/mol. The molecule has 1 atom stereocenters. The Hall–Kier alpha value is -2.56. The molecule has 0 spiro atoms. The second-order valence-electron chi connectivity index (χ2n) is 6.47. The van der Waals surface area contributed by atoms with Crippen LogP contribution in [0.3, 0.4) is 0 Å². The summed E-state index contributed by atoms with van der Waals surface area (Å²) < 4.78 is 103. The zero-order valence-corrected chi connectivity index (χ0v) is 15.6. The highest BCUT2D eigenvalue weighted by molar-refractivity contribution is 7.90. The van der Waals surface area contributed by atoms with E-state index in [1.807, 2.05) is 0 Å². The SMILES string of the molecule is CS(=O)(=O)c1ccc(C2CC(C(F)(F)F)=NN2c2ccccc2C(F)(F)F)cc1. The third kappa shape index (κ3) is 4.39. The van der Waals surface area contributed by atoms with Crippen LogP contribution in [0.5, 0.6) is 0 Å². The van der Waals surface area contributed by atoms with Gasteiger partial charge < -0.3 is 0 Å². The first kappa shape index (κ1) is 21.2. The standard InChI is InChI=1S/C18H14F6N2O2S/c1-29(27,28)12-8-6-11(7-9-12)15-10-16(18(22,23)24)25-26(15)14-5-3-2-4-13(14)17(19,20)21/h2-9,15H,10H2,1H3. The Morgan fingerprint density at radius 1 is 0.931 bits per heavy atom. The molecule has 0 amide bonds. The predicted octanol–water partition coefficient (Wildman–Crippen LogP) is 4.98. The normalized spacial score (nSPS) is 18.1. The van der Waals surface area contributed by atoms with Crippen molar-refractivity contribution in [3.63, 3.8) is 0 Å². The number of hydrazone groups is 1. The quantitative estimate of drug-likeness (QED) is 0.638. The van der Waals surface area contributed by atoms with Crippen LogP contribution in [0, 0.1) is 0 Å². The molecule has 0 bridgehead atoms. The number of anilines is 1. The highest BCUT2D eigenvalue weighted by atomic mass is 32.2. The van der Waals surface area contributed by atoms with Gasteiger partial charge in [-0.3, -0.25) is 5.01 Å². The van der Waals surface area contributed by atoms with Crippen molar-refractivity contribution in [2.75, 3.05) is 11.3 Å². The minimum atomic E-state index is -4.81. The summed E-state index contributed by atoms with van der Waals surface area (Å²) in [4.78, 5) is -0.0570. The van der Waals surface area contributed by atoms with E-state index in [2.05, 4.69) is 5.10 Å². The zero-order chi connectivity index (χ0) is 21.6. The van der Waals surface area contributed by atoms with Crippen LogP contribution in [0.4, 0.5) is 32.0 Å². The molecule has 0 N–H and O–H groups in total. The predicted molar refractivity (Wildman–Crippen MR) is 94.3 cm³/mol. The zero-order valence-electron chi connectivity index (χ0n) is 14.8. The Kier molecular flexibility index (Phi) is 5.14. The third-order valence-electron chi connectivity index (χ3n) is 4.39. The van der Waals surface area contributed by atoms with E-state index in [1.54, 1.807) is 0 Å². The Balaban J connectivity index is 2.10. The summed E-state index contributed by atoms with van der Waals surface area (Å²) in [6, 6.07) is 7.99. The first-order valence-electron chi connectivity index (χ1n) is 8.18. The number of sulfone groups is 1. The van der Waals surface area contributed by atoms with Crippen molar-refractivity contribution >= 4 is 21.2 Å². The molecule has 2 aromatic carbocycles. The lowest BCUT2D eigenvalue weighted by molar-refractivity contribution is -0.137. The first-order valence-corrected chi connectivity index (χ1v) is 10.1. The monoisotopic (exact) mass is 436 g/mol. The highest BCUT2D eigenvalue weighted by Gasteiger charge is 2.45. The Bertz CT molecular complexity index is 1040. The number of alkyl halides is 6. The van der Waals surface area contributed by atoms with Gasteiger partial charge >= 0.3 is 12.4 Å². The van der Waals surface area contributed by atoms with E-state index >= 15 is 0 Å². The molecule has 1 heterocycles. The van der Waals surface area contributed by atoms with Gasteiger partial charge in [-0.2, -0.15) is 31.4 Å². The van der Waals surface area contributed by atoms with Crippen LogP contribution in [-0.4, -0.2) is 26.6 Å². The number of hydrogen-bond donors (Lipinski definition) is 0. The minimum absolute atomic E-state index is 0.0570. The lowest BCUT2D eigenvalue weighted by atomic mass is 10.0. The van der Waals surface area contributed by atoms with Crippen molar-refractivity contribution < 1.29 is 34.8 Å². The van der Waals surface area contributed by atoms with E-state index in [4.69, 9.17) is 0 Å². The molecule has 1 unspecified atom stereocenters. The summed E-state index contributed by atoms with van der Waals surface area (Å²) in [5, 5.41) is 4.13. The first-order chi connectivity index (χ1) is 13.3.